The van der Waals surface area contributed by atoms with Gasteiger partial charge in [0.1, 0.15) is 11.2 Å². The lowest BCUT2D eigenvalue weighted by Gasteiger charge is -2.11. The Balaban J connectivity index is 1.78. The number of aliphatic hydroxyl groups is 1. The lowest BCUT2D eigenvalue weighted by molar-refractivity contribution is 0.0904. The molecule has 7 nitrogen and oxygen atoms in total. The molecule has 23 heavy (non-hydrogen) atoms. The van der Waals surface area contributed by atoms with Gasteiger partial charge in [0.05, 0.1) is 18.0 Å². The molecule has 4 rings (SSSR count). The van der Waals surface area contributed by atoms with Crippen LogP contribution < -0.4 is 5.32 Å². The first-order chi connectivity index (χ1) is 11.2. The number of aliphatic hydroxyl groups excluding tert-OH is 1. The van der Waals surface area contributed by atoms with E-state index >= 15 is 0 Å². The number of hydrogen-bond acceptors (Lipinski definition) is 6. The number of fused-ring (bicyclic) bond motifs is 5. The molecule has 8 heteroatoms. The number of rotatable bonds is 4. The van der Waals surface area contributed by atoms with Gasteiger partial charge in [-0.2, -0.15) is 0 Å². The number of nitrogens with one attached hydrogen (secondary N) is 1. The van der Waals surface area contributed by atoms with E-state index in [9.17, 15) is 9.90 Å². The number of aryl methyl sites for hydroxylation is 2. The summed E-state index contributed by atoms with van der Waals surface area (Å²) in [6.45, 7) is 1.81. The van der Waals surface area contributed by atoms with Crippen molar-refractivity contribution in [3.05, 3.63) is 22.6 Å². The van der Waals surface area contributed by atoms with E-state index in [4.69, 9.17) is 0 Å². The fourth-order valence-electron chi connectivity index (χ4n) is 3.02. The molecule has 1 amide bonds. The Morgan fingerprint density at radius 1 is 1.52 bits per heavy atom. The summed E-state index contributed by atoms with van der Waals surface area (Å²) in [7, 11) is 0. The largest absolute Gasteiger partial charge is 0.394 e. The van der Waals surface area contributed by atoms with Crippen LogP contribution in [0.3, 0.4) is 0 Å². The molecule has 3 heterocycles. The van der Waals surface area contributed by atoms with Crippen LogP contribution >= 0.6 is 11.3 Å². The molecule has 1 aliphatic rings. The molecule has 0 aromatic carbocycles. The van der Waals surface area contributed by atoms with Crippen molar-refractivity contribution in [2.45, 2.75) is 38.6 Å². The molecule has 3 aromatic rings. The SMILES string of the molecule is CC[C@H](CO)NC(=O)c1nc2c3c4c(sc3ncn2n1)CCC4. The molecule has 0 bridgehead atoms. The van der Waals surface area contributed by atoms with Crippen LogP contribution in [0.4, 0.5) is 0 Å². The van der Waals surface area contributed by atoms with Crippen LogP contribution in [-0.4, -0.2) is 43.2 Å². The summed E-state index contributed by atoms with van der Waals surface area (Å²) in [4.78, 5) is 23.5. The van der Waals surface area contributed by atoms with Crippen molar-refractivity contribution >= 4 is 33.1 Å². The average Bonchev–Trinajstić information content (AvgIpc) is 3.24. The Labute approximate surface area is 136 Å². The third-order valence-corrected chi connectivity index (χ3v) is 5.49. The summed E-state index contributed by atoms with van der Waals surface area (Å²) >= 11 is 1.71. The summed E-state index contributed by atoms with van der Waals surface area (Å²) in [5.41, 5.74) is 2.00. The van der Waals surface area contributed by atoms with Gasteiger partial charge in [-0.1, -0.05) is 6.92 Å². The Bertz CT molecular complexity index is 896. The van der Waals surface area contributed by atoms with Gasteiger partial charge in [-0.15, -0.1) is 16.4 Å². The van der Waals surface area contributed by atoms with E-state index in [2.05, 4.69) is 20.4 Å². The second-order valence-electron chi connectivity index (χ2n) is 5.75. The summed E-state index contributed by atoms with van der Waals surface area (Å²) in [6, 6.07) is -0.280. The van der Waals surface area contributed by atoms with E-state index in [1.807, 2.05) is 6.92 Å². The van der Waals surface area contributed by atoms with Gasteiger partial charge in [-0.05, 0) is 31.2 Å². The molecule has 0 spiro atoms. The van der Waals surface area contributed by atoms with Crippen LogP contribution in [0.15, 0.2) is 6.33 Å². The lowest BCUT2D eigenvalue weighted by Crippen LogP contribution is -2.37. The van der Waals surface area contributed by atoms with E-state index in [1.165, 1.54) is 10.4 Å². The molecule has 3 aromatic heterocycles. The highest BCUT2D eigenvalue weighted by atomic mass is 32.1. The molecule has 0 saturated carbocycles. The second-order valence-corrected chi connectivity index (χ2v) is 6.83. The van der Waals surface area contributed by atoms with Crippen LogP contribution in [0.2, 0.25) is 0 Å². The van der Waals surface area contributed by atoms with Crippen LogP contribution in [0.1, 0.15) is 40.8 Å². The number of carbonyl (C=O) groups is 1. The summed E-state index contributed by atoms with van der Waals surface area (Å²) in [5, 5.41) is 17.2. The van der Waals surface area contributed by atoms with Gasteiger partial charge >= 0.3 is 0 Å². The van der Waals surface area contributed by atoms with Gasteiger partial charge in [0.15, 0.2) is 5.65 Å². The number of hydrogen-bond donors (Lipinski definition) is 2. The maximum Gasteiger partial charge on any atom is 0.291 e. The lowest BCUT2D eigenvalue weighted by atomic mass is 10.2. The van der Waals surface area contributed by atoms with Crippen molar-refractivity contribution in [1.82, 2.24) is 24.9 Å². The Hall–Kier alpha value is -2.06. The Kier molecular flexibility index (Phi) is 3.50. The molecule has 1 atom stereocenters. The monoisotopic (exact) mass is 331 g/mol. The summed E-state index contributed by atoms with van der Waals surface area (Å²) in [5.74, 6) is -0.251. The predicted molar refractivity (Wildman–Crippen MR) is 86.8 cm³/mol. The van der Waals surface area contributed by atoms with Gasteiger partial charge in [0, 0.05) is 4.88 Å². The fourth-order valence-corrected chi connectivity index (χ4v) is 4.24. The number of thiophene rings is 1. The highest BCUT2D eigenvalue weighted by molar-refractivity contribution is 7.19. The molecule has 0 fully saturated rings. The van der Waals surface area contributed by atoms with Crippen LogP contribution in [0, 0.1) is 0 Å². The first-order valence-electron chi connectivity index (χ1n) is 7.78. The minimum atomic E-state index is -0.366. The zero-order chi connectivity index (χ0) is 16.0. The molecule has 2 N–H and O–H groups in total. The van der Waals surface area contributed by atoms with Crippen molar-refractivity contribution in [3.63, 3.8) is 0 Å². The van der Waals surface area contributed by atoms with Crippen molar-refractivity contribution < 1.29 is 9.90 Å². The van der Waals surface area contributed by atoms with Crippen molar-refractivity contribution in [2.24, 2.45) is 0 Å². The Morgan fingerprint density at radius 2 is 2.39 bits per heavy atom. The molecule has 1 aliphatic carbocycles. The van der Waals surface area contributed by atoms with Crippen LogP contribution in [0.25, 0.3) is 15.9 Å². The molecule has 120 valence electrons. The summed E-state index contributed by atoms with van der Waals surface area (Å²) < 4.78 is 1.57. The van der Waals surface area contributed by atoms with E-state index in [0.717, 1.165) is 29.5 Å². The Morgan fingerprint density at radius 3 is 3.17 bits per heavy atom. The van der Waals surface area contributed by atoms with Gasteiger partial charge in [0.25, 0.3) is 5.91 Å². The van der Waals surface area contributed by atoms with Crippen LogP contribution in [0.5, 0.6) is 0 Å². The molecule has 0 saturated heterocycles. The molecular formula is C15H17N5O2S. The molecule has 0 unspecified atom stereocenters. The highest BCUT2D eigenvalue weighted by Crippen LogP contribution is 2.37. The minimum Gasteiger partial charge on any atom is -0.394 e. The van der Waals surface area contributed by atoms with E-state index < -0.39 is 0 Å². The van der Waals surface area contributed by atoms with E-state index in [1.54, 1.807) is 22.2 Å². The van der Waals surface area contributed by atoms with Crippen molar-refractivity contribution in [2.75, 3.05) is 6.61 Å². The topological polar surface area (TPSA) is 92.4 Å². The smallest absolute Gasteiger partial charge is 0.291 e. The molecular weight excluding hydrogens is 314 g/mol. The van der Waals surface area contributed by atoms with Crippen LogP contribution in [-0.2, 0) is 12.8 Å². The van der Waals surface area contributed by atoms with Crippen molar-refractivity contribution in [1.29, 1.82) is 0 Å². The number of carbonyl (C=O) groups excluding carboxylic acids is 1. The number of amides is 1. The highest BCUT2D eigenvalue weighted by Gasteiger charge is 2.23. The molecule has 0 aliphatic heterocycles. The maximum absolute atomic E-state index is 12.3. The standard InChI is InChI=1S/C15H17N5O2S/c1-2-8(6-21)17-14(22)12-18-13-11-9-4-3-5-10(9)23-15(11)16-7-20(13)19-12/h7-8,21H,2-6H2,1H3,(H,17,22)/t8-/m1/s1. The zero-order valence-corrected chi connectivity index (χ0v) is 13.6. The van der Waals surface area contributed by atoms with Gasteiger partial charge in [-0.25, -0.2) is 14.5 Å². The predicted octanol–water partition coefficient (Wildman–Crippen LogP) is 1.33. The third kappa shape index (κ3) is 2.29. The minimum absolute atomic E-state index is 0.0978. The number of aromatic nitrogens is 4. The second kappa shape index (κ2) is 5.54. The normalized spacial score (nSPS) is 15.2. The molecule has 0 radical (unpaired) electrons. The summed E-state index contributed by atoms with van der Waals surface area (Å²) in [6.07, 6.45) is 5.55. The van der Waals surface area contributed by atoms with Gasteiger partial charge in [0.2, 0.25) is 5.82 Å². The fraction of sp³-hybridized carbons (Fsp3) is 0.467. The van der Waals surface area contributed by atoms with Gasteiger partial charge in [-0.3, -0.25) is 4.79 Å². The zero-order valence-electron chi connectivity index (χ0n) is 12.7. The first kappa shape index (κ1) is 14.5. The van der Waals surface area contributed by atoms with Gasteiger partial charge < -0.3 is 10.4 Å². The van der Waals surface area contributed by atoms with E-state index in [0.29, 0.717) is 12.1 Å². The average molecular weight is 331 g/mol. The first-order valence-corrected chi connectivity index (χ1v) is 8.60. The van der Waals surface area contributed by atoms with E-state index in [-0.39, 0.29) is 24.4 Å². The van der Waals surface area contributed by atoms with Crippen molar-refractivity contribution in [3.8, 4) is 0 Å². The third-order valence-electron chi connectivity index (χ3n) is 4.29. The maximum atomic E-state index is 12.3. The quantitative estimate of drug-likeness (QED) is 0.752. The number of nitrogens with zero attached hydrogens (tertiary/aromatic N) is 4.